The van der Waals surface area contributed by atoms with Gasteiger partial charge in [-0.25, -0.2) is 0 Å². The summed E-state index contributed by atoms with van der Waals surface area (Å²) in [7, 11) is 0. The first-order chi connectivity index (χ1) is 11.2. The molecule has 0 rings (SSSR count). The van der Waals surface area contributed by atoms with Crippen LogP contribution in [0.15, 0.2) is 25.3 Å². The number of carbonyl (C=O) groups is 2. The van der Waals surface area contributed by atoms with Crippen LogP contribution in [0.1, 0.15) is 64.7 Å². The van der Waals surface area contributed by atoms with Gasteiger partial charge >= 0.3 is 11.9 Å². The number of hydrogen-bond acceptors (Lipinski definition) is 4. The van der Waals surface area contributed by atoms with Crippen LogP contribution in [0.4, 0.5) is 0 Å². The molecule has 0 radical (unpaired) electrons. The zero-order chi connectivity index (χ0) is 17.3. The minimum Gasteiger partial charge on any atom is -0.461 e. The van der Waals surface area contributed by atoms with Crippen LogP contribution in [-0.4, -0.2) is 25.2 Å². The molecule has 132 valence electrons. The molecule has 0 N–H and O–H groups in total. The molecule has 0 aromatic heterocycles. The summed E-state index contributed by atoms with van der Waals surface area (Å²) in [4.78, 5) is 23.7. The smallest absolute Gasteiger partial charge is 0.309 e. The van der Waals surface area contributed by atoms with Gasteiger partial charge in [0.25, 0.3) is 0 Å². The highest BCUT2D eigenvalue weighted by Crippen LogP contribution is 2.18. The van der Waals surface area contributed by atoms with Crippen molar-refractivity contribution in [2.75, 3.05) is 13.2 Å². The van der Waals surface area contributed by atoms with Crippen molar-refractivity contribution in [2.45, 2.75) is 64.7 Å². The minimum absolute atomic E-state index is 0.0691. The maximum Gasteiger partial charge on any atom is 0.309 e. The van der Waals surface area contributed by atoms with Crippen LogP contribution < -0.4 is 0 Å². The number of rotatable bonds is 15. The molecule has 1 unspecified atom stereocenters. The van der Waals surface area contributed by atoms with Gasteiger partial charge in [0.2, 0.25) is 0 Å². The summed E-state index contributed by atoms with van der Waals surface area (Å²) in [6, 6.07) is 0. The summed E-state index contributed by atoms with van der Waals surface area (Å²) in [5, 5.41) is 0. The van der Waals surface area contributed by atoms with Crippen LogP contribution in [0.2, 0.25) is 0 Å². The third-order valence-corrected chi connectivity index (χ3v) is 3.61. The molecule has 0 fully saturated rings. The van der Waals surface area contributed by atoms with Crippen LogP contribution in [0.5, 0.6) is 0 Å². The first-order valence-electron chi connectivity index (χ1n) is 8.69. The van der Waals surface area contributed by atoms with E-state index in [2.05, 4.69) is 20.1 Å². The lowest BCUT2D eigenvalue weighted by atomic mass is 9.97. The molecule has 1 atom stereocenters. The van der Waals surface area contributed by atoms with Crippen LogP contribution >= 0.6 is 0 Å². The summed E-state index contributed by atoms with van der Waals surface area (Å²) in [5.41, 5.74) is 0. The Bertz CT molecular complexity index is 349. The Hall–Kier alpha value is -1.58. The fourth-order valence-corrected chi connectivity index (χ4v) is 2.32. The van der Waals surface area contributed by atoms with Gasteiger partial charge in [-0.2, -0.15) is 0 Å². The Morgan fingerprint density at radius 3 is 2.09 bits per heavy atom. The van der Waals surface area contributed by atoms with Crippen molar-refractivity contribution in [2.24, 2.45) is 5.92 Å². The third-order valence-electron chi connectivity index (χ3n) is 3.61. The molecular weight excluding hydrogens is 292 g/mol. The Kier molecular flexibility index (Phi) is 14.3. The normalized spacial score (nSPS) is 11.5. The Balaban J connectivity index is 4.15. The van der Waals surface area contributed by atoms with Gasteiger partial charge in [0.05, 0.1) is 12.3 Å². The van der Waals surface area contributed by atoms with E-state index in [1.807, 2.05) is 0 Å². The van der Waals surface area contributed by atoms with E-state index in [4.69, 9.17) is 9.47 Å². The van der Waals surface area contributed by atoms with Gasteiger partial charge < -0.3 is 9.47 Å². The molecule has 0 aliphatic carbocycles. The molecule has 0 aromatic rings. The predicted octanol–water partition coefficient (Wildman–Crippen LogP) is 4.59. The zero-order valence-corrected chi connectivity index (χ0v) is 14.6. The van der Waals surface area contributed by atoms with Gasteiger partial charge in [0, 0.05) is 0 Å². The maximum absolute atomic E-state index is 12.0. The average Bonchev–Trinajstić information content (AvgIpc) is 2.55. The van der Waals surface area contributed by atoms with Crippen molar-refractivity contribution < 1.29 is 19.1 Å². The fraction of sp³-hybridized carbons (Fsp3) is 0.684. The molecule has 4 heteroatoms. The van der Waals surface area contributed by atoms with Crippen molar-refractivity contribution in [3.05, 3.63) is 25.3 Å². The van der Waals surface area contributed by atoms with Crippen molar-refractivity contribution in [1.29, 1.82) is 0 Å². The Morgan fingerprint density at radius 2 is 1.48 bits per heavy atom. The first kappa shape index (κ1) is 21.4. The quantitative estimate of drug-likeness (QED) is 0.251. The highest BCUT2D eigenvalue weighted by molar-refractivity contribution is 5.80. The topological polar surface area (TPSA) is 52.6 Å². The molecule has 0 heterocycles. The maximum atomic E-state index is 12.0. The number of esters is 2. The first-order valence-corrected chi connectivity index (χ1v) is 8.69. The summed E-state index contributed by atoms with van der Waals surface area (Å²) in [6.07, 6.45) is 12.0. The van der Waals surface area contributed by atoms with Gasteiger partial charge in [-0.15, -0.1) is 0 Å². The van der Waals surface area contributed by atoms with E-state index >= 15 is 0 Å². The fourth-order valence-electron chi connectivity index (χ4n) is 2.32. The molecule has 0 aliphatic rings. The SMILES string of the molecule is C=CCOC(=O)CC(CCCCCCCCC)C(=O)OCC=C. The summed E-state index contributed by atoms with van der Waals surface area (Å²) >= 11 is 0. The molecule has 0 amide bonds. The Labute approximate surface area is 140 Å². The lowest BCUT2D eigenvalue weighted by molar-refractivity contribution is -0.154. The van der Waals surface area contributed by atoms with Crippen LogP contribution in [0.3, 0.4) is 0 Å². The molecule has 0 spiro atoms. The van der Waals surface area contributed by atoms with Gasteiger partial charge in [0.1, 0.15) is 13.2 Å². The summed E-state index contributed by atoms with van der Waals surface area (Å²) < 4.78 is 10.0. The molecule has 0 saturated heterocycles. The van der Waals surface area contributed by atoms with Gasteiger partial charge in [-0.1, -0.05) is 77.2 Å². The van der Waals surface area contributed by atoms with E-state index in [0.717, 1.165) is 12.8 Å². The largest absolute Gasteiger partial charge is 0.461 e. The molecule has 0 aliphatic heterocycles. The van der Waals surface area contributed by atoms with E-state index in [0.29, 0.717) is 6.42 Å². The van der Waals surface area contributed by atoms with E-state index < -0.39 is 5.92 Å². The van der Waals surface area contributed by atoms with Crippen molar-refractivity contribution in [1.82, 2.24) is 0 Å². The summed E-state index contributed by atoms with van der Waals surface area (Å²) in [6.45, 7) is 9.57. The van der Waals surface area contributed by atoms with Crippen LogP contribution in [-0.2, 0) is 19.1 Å². The van der Waals surface area contributed by atoms with Gasteiger partial charge in [-0.05, 0) is 6.42 Å². The lowest BCUT2D eigenvalue weighted by Gasteiger charge is -2.14. The number of unbranched alkanes of at least 4 members (excludes halogenated alkanes) is 6. The predicted molar refractivity (Wildman–Crippen MR) is 93.0 cm³/mol. The van der Waals surface area contributed by atoms with Crippen molar-refractivity contribution in [3.63, 3.8) is 0 Å². The minimum atomic E-state index is -0.428. The highest BCUT2D eigenvalue weighted by Gasteiger charge is 2.23. The molecular formula is C19H32O4. The van der Waals surface area contributed by atoms with Gasteiger partial charge in [0.15, 0.2) is 0 Å². The standard InChI is InChI=1S/C19H32O4/c1-4-7-8-9-10-11-12-13-17(19(21)23-15-6-3)16-18(20)22-14-5-2/h5-6,17H,2-4,7-16H2,1H3. The van der Waals surface area contributed by atoms with E-state index in [1.54, 1.807) is 0 Å². The Morgan fingerprint density at radius 1 is 0.913 bits per heavy atom. The second kappa shape index (κ2) is 15.3. The second-order valence-electron chi connectivity index (χ2n) is 5.70. The van der Waals surface area contributed by atoms with E-state index in [9.17, 15) is 9.59 Å². The summed E-state index contributed by atoms with van der Waals surface area (Å²) in [5.74, 6) is -1.15. The average molecular weight is 324 g/mol. The molecule has 23 heavy (non-hydrogen) atoms. The van der Waals surface area contributed by atoms with Crippen molar-refractivity contribution >= 4 is 11.9 Å². The zero-order valence-electron chi connectivity index (χ0n) is 14.6. The molecule has 0 bridgehead atoms. The third kappa shape index (κ3) is 12.6. The van der Waals surface area contributed by atoms with Crippen LogP contribution in [0, 0.1) is 5.92 Å². The number of hydrogen-bond donors (Lipinski definition) is 0. The van der Waals surface area contributed by atoms with Gasteiger partial charge in [-0.3, -0.25) is 9.59 Å². The highest BCUT2D eigenvalue weighted by atomic mass is 16.5. The van der Waals surface area contributed by atoms with Crippen molar-refractivity contribution in [3.8, 4) is 0 Å². The second-order valence-corrected chi connectivity index (χ2v) is 5.70. The lowest BCUT2D eigenvalue weighted by Crippen LogP contribution is -2.22. The monoisotopic (exact) mass is 324 g/mol. The number of ether oxygens (including phenoxy) is 2. The molecule has 4 nitrogen and oxygen atoms in total. The van der Waals surface area contributed by atoms with E-state index in [1.165, 1.54) is 44.3 Å². The number of carbonyl (C=O) groups excluding carboxylic acids is 2. The molecule has 0 aromatic carbocycles. The van der Waals surface area contributed by atoms with Crippen LogP contribution in [0.25, 0.3) is 0 Å². The van der Waals surface area contributed by atoms with E-state index in [-0.39, 0.29) is 31.6 Å². The molecule has 0 saturated carbocycles.